The van der Waals surface area contributed by atoms with Crippen molar-refractivity contribution in [3.8, 4) is 5.75 Å². The van der Waals surface area contributed by atoms with Gasteiger partial charge < -0.3 is 5.11 Å². The number of imide groups is 1. The molecule has 38 heavy (non-hydrogen) atoms. The Labute approximate surface area is 221 Å². The summed E-state index contributed by atoms with van der Waals surface area (Å²) in [5.41, 5.74) is 4.86. The first-order valence-corrected chi connectivity index (χ1v) is 13.2. The van der Waals surface area contributed by atoms with Crippen molar-refractivity contribution in [3.05, 3.63) is 93.6 Å². The fourth-order valence-corrected chi connectivity index (χ4v) is 6.79. The summed E-state index contributed by atoms with van der Waals surface area (Å²) in [5, 5.41) is 11.1. The van der Waals surface area contributed by atoms with Crippen molar-refractivity contribution >= 4 is 29.1 Å². The Kier molecular flexibility index (Phi) is 5.60. The van der Waals surface area contributed by atoms with Crippen molar-refractivity contribution in [1.29, 1.82) is 0 Å². The maximum Gasteiger partial charge on any atom is 0.238 e. The Morgan fingerprint density at radius 1 is 0.947 bits per heavy atom. The average Bonchev–Trinajstić information content (AvgIpc) is 3.17. The number of aryl methyl sites for hydroxylation is 2. The van der Waals surface area contributed by atoms with E-state index in [9.17, 15) is 24.3 Å². The third-order valence-corrected chi connectivity index (χ3v) is 8.74. The first kappa shape index (κ1) is 24.3. The predicted octanol–water partition coefficient (Wildman–Crippen LogP) is 4.90. The number of fused-ring (bicyclic) bond motifs is 3. The highest BCUT2D eigenvalue weighted by Crippen LogP contribution is 2.56. The second-order valence-electron chi connectivity index (χ2n) is 10.8. The quantitative estimate of drug-likeness (QED) is 0.363. The van der Waals surface area contributed by atoms with Gasteiger partial charge in [0.2, 0.25) is 11.8 Å². The monoisotopic (exact) mass is 507 g/mol. The molecular formula is C32H29NO5. The molecule has 0 radical (unpaired) electrons. The number of phenols is 1. The Balaban J connectivity index is 1.48. The minimum Gasteiger partial charge on any atom is -0.507 e. The maximum absolute atomic E-state index is 13.9. The molecule has 192 valence electrons. The number of carbonyl (C=O) groups is 4. The molecule has 1 aliphatic heterocycles. The van der Waals surface area contributed by atoms with E-state index in [1.165, 1.54) is 11.0 Å². The molecule has 2 amide bonds. The number of rotatable bonds is 3. The SMILES string of the molecule is CCc1ccc(N2C(=O)C3CC=C4C(c5cccc(C)c5O)C5=C(CC4C3C2=O)C(=O)C(C)=CC5=O)cc1. The van der Waals surface area contributed by atoms with Crippen LogP contribution in [-0.4, -0.2) is 28.5 Å². The molecule has 0 spiro atoms. The van der Waals surface area contributed by atoms with E-state index in [4.69, 9.17) is 0 Å². The van der Waals surface area contributed by atoms with Crippen LogP contribution in [-0.2, 0) is 25.6 Å². The zero-order valence-corrected chi connectivity index (χ0v) is 21.7. The zero-order valence-electron chi connectivity index (χ0n) is 21.7. The van der Waals surface area contributed by atoms with E-state index in [-0.39, 0.29) is 35.6 Å². The van der Waals surface area contributed by atoms with Crippen molar-refractivity contribution in [3.63, 3.8) is 0 Å². The lowest BCUT2D eigenvalue weighted by molar-refractivity contribution is -0.123. The van der Waals surface area contributed by atoms with Crippen LogP contribution in [0.1, 0.15) is 49.3 Å². The lowest BCUT2D eigenvalue weighted by Gasteiger charge is -2.42. The molecule has 4 atom stereocenters. The van der Waals surface area contributed by atoms with Gasteiger partial charge in [0.15, 0.2) is 11.6 Å². The first-order valence-electron chi connectivity index (χ1n) is 13.2. The largest absolute Gasteiger partial charge is 0.507 e. The van der Waals surface area contributed by atoms with Gasteiger partial charge in [0, 0.05) is 28.2 Å². The summed E-state index contributed by atoms with van der Waals surface area (Å²) in [7, 11) is 0. The van der Waals surface area contributed by atoms with E-state index < -0.39 is 23.7 Å². The first-order chi connectivity index (χ1) is 18.2. The number of amides is 2. The fraction of sp³-hybridized carbons (Fsp3) is 0.312. The molecule has 0 saturated carbocycles. The molecule has 4 aliphatic rings. The van der Waals surface area contributed by atoms with Gasteiger partial charge in [-0.2, -0.15) is 0 Å². The number of phenolic OH excluding ortho intramolecular Hbond substituents is 1. The van der Waals surface area contributed by atoms with Crippen molar-refractivity contribution in [2.75, 3.05) is 4.90 Å². The van der Waals surface area contributed by atoms with Crippen molar-refractivity contribution in [2.45, 2.75) is 46.0 Å². The molecule has 3 aliphatic carbocycles. The molecule has 0 aromatic heterocycles. The highest BCUT2D eigenvalue weighted by molar-refractivity contribution is 6.25. The second-order valence-corrected chi connectivity index (χ2v) is 10.8. The van der Waals surface area contributed by atoms with E-state index in [1.807, 2.05) is 43.3 Å². The minimum atomic E-state index is -0.647. The molecule has 1 N–H and O–H groups in total. The number of Topliss-reactive ketones (excluding diaryl/α,β-unsaturated/α-hetero) is 1. The van der Waals surface area contributed by atoms with Gasteiger partial charge >= 0.3 is 0 Å². The fourth-order valence-electron chi connectivity index (χ4n) is 6.79. The summed E-state index contributed by atoms with van der Waals surface area (Å²) in [6.45, 7) is 5.47. The van der Waals surface area contributed by atoms with E-state index in [1.54, 1.807) is 26.0 Å². The van der Waals surface area contributed by atoms with Crippen LogP contribution in [0.15, 0.2) is 76.9 Å². The molecule has 2 aromatic rings. The Morgan fingerprint density at radius 3 is 2.39 bits per heavy atom. The maximum atomic E-state index is 13.9. The van der Waals surface area contributed by atoms with Gasteiger partial charge in [-0.05, 0) is 68.4 Å². The van der Waals surface area contributed by atoms with Gasteiger partial charge in [-0.25, -0.2) is 0 Å². The van der Waals surface area contributed by atoms with Crippen LogP contribution < -0.4 is 4.90 Å². The van der Waals surface area contributed by atoms with Gasteiger partial charge in [-0.3, -0.25) is 24.1 Å². The van der Waals surface area contributed by atoms with Crippen molar-refractivity contribution < 1.29 is 24.3 Å². The highest BCUT2D eigenvalue weighted by atomic mass is 16.3. The summed E-state index contributed by atoms with van der Waals surface area (Å²) in [4.78, 5) is 55.5. The normalized spacial score (nSPS) is 26.7. The predicted molar refractivity (Wildman–Crippen MR) is 142 cm³/mol. The third-order valence-electron chi connectivity index (χ3n) is 8.74. The topological polar surface area (TPSA) is 91.8 Å². The van der Waals surface area contributed by atoms with Gasteiger partial charge in [0.05, 0.1) is 17.5 Å². The number of para-hydroxylation sites is 1. The van der Waals surface area contributed by atoms with Gasteiger partial charge in [-0.15, -0.1) is 0 Å². The summed E-state index contributed by atoms with van der Waals surface area (Å²) in [6, 6.07) is 12.9. The standard InChI is InChI=1S/C32H29NO5/c1-4-18-8-10-19(11-9-18)33-31(37)22-13-12-20-23(27(22)32(33)38)15-24-28(25(34)14-17(3)30(24)36)26(20)21-7-5-6-16(2)29(21)35/h5-12,14,22-23,26-27,35H,4,13,15H2,1-3H3. The third kappa shape index (κ3) is 3.39. The molecule has 0 bridgehead atoms. The number of hydrogen-bond acceptors (Lipinski definition) is 5. The van der Waals surface area contributed by atoms with Crippen LogP contribution in [0.25, 0.3) is 0 Å². The Bertz CT molecular complexity index is 1520. The van der Waals surface area contributed by atoms with Crippen LogP contribution in [0, 0.1) is 24.7 Å². The van der Waals surface area contributed by atoms with Crippen LogP contribution in [0.2, 0.25) is 0 Å². The van der Waals surface area contributed by atoms with E-state index in [2.05, 4.69) is 0 Å². The molecule has 6 heteroatoms. The molecule has 4 unspecified atom stereocenters. The second kappa shape index (κ2) is 8.76. The number of nitrogens with zero attached hydrogens (tertiary/aromatic N) is 1. The van der Waals surface area contributed by atoms with Gasteiger partial charge in [0.1, 0.15) is 5.75 Å². The van der Waals surface area contributed by atoms with Crippen LogP contribution >= 0.6 is 0 Å². The van der Waals surface area contributed by atoms with Crippen LogP contribution in [0.3, 0.4) is 0 Å². The van der Waals surface area contributed by atoms with Gasteiger partial charge in [0.25, 0.3) is 0 Å². The van der Waals surface area contributed by atoms with E-state index in [0.717, 1.165) is 17.6 Å². The van der Waals surface area contributed by atoms with E-state index >= 15 is 0 Å². The number of carbonyl (C=O) groups excluding carboxylic acids is 4. The summed E-state index contributed by atoms with van der Waals surface area (Å²) < 4.78 is 0. The summed E-state index contributed by atoms with van der Waals surface area (Å²) >= 11 is 0. The minimum absolute atomic E-state index is 0.0750. The number of anilines is 1. The Hall–Kier alpha value is -4.06. The average molecular weight is 508 g/mol. The molecular weight excluding hydrogens is 478 g/mol. The van der Waals surface area contributed by atoms with Crippen LogP contribution in [0.5, 0.6) is 5.75 Å². The molecule has 1 saturated heterocycles. The van der Waals surface area contributed by atoms with Gasteiger partial charge in [-0.1, -0.05) is 48.9 Å². The number of ketones is 2. The summed E-state index contributed by atoms with van der Waals surface area (Å²) in [6.07, 6.45) is 4.80. The van der Waals surface area contributed by atoms with Crippen LogP contribution in [0.4, 0.5) is 5.69 Å². The molecule has 1 heterocycles. The molecule has 6 nitrogen and oxygen atoms in total. The summed E-state index contributed by atoms with van der Waals surface area (Å²) in [5.74, 6) is -3.09. The molecule has 1 fully saturated rings. The van der Waals surface area contributed by atoms with Crippen molar-refractivity contribution in [2.24, 2.45) is 17.8 Å². The van der Waals surface area contributed by atoms with Crippen molar-refractivity contribution in [1.82, 2.24) is 0 Å². The number of allylic oxidation sites excluding steroid dienone is 6. The lowest BCUT2D eigenvalue weighted by Crippen LogP contribution is -2.39. The highest BCUT2D eigenvalue weighted by Gasteiger charge is 2.56. The zero-order chi connectivity index (χ0) is 26.9. The Morgan fingerprint density at radius 2 is 1.68 bits per heavy atom. The number of hydrogen-bond donors (Lipinski definition) is 1. The molecule has 6 rings (SSSR count). The smallest absolute Gasteiger partial charge is 0.238 e. The number of aromatic hydroxyl groups is 1. The molecule has 2 aromatic carbocycles. The lowest BCUT2D eigenvalue weighted by atomic mass is 9.59. The van der Waals surface area contributed by atoms with E-state index in [0.29, 0.717) is 40.0 Å². The number of benzene rings is 2.